The number of aliphatic hydroxyl groups is 1. The number of thioether (sulfide) groups is 1. The molecule has 1 N–H and O–H groups in total. The normalized spacial score (nSPS) is 13.7. The Labute approximate surface area is 113 Å². The van der Waals surface area contributed by atoms with Crippen molar-refractivity contribution in [2.24, 2.45) is 0 Å². The van der Waals surface area contributed by atoms with Crippen LogP contribution in [0.3, 0.4) is 0 Å². The first-order valence-corrected chi connectivity index (χ1v) is 6.71. The number of hydrogen-bond acceptors (Lipinski definition) is 3. The van der Waals surface area contributed by atoms with Gasteiger partial charge in [0.1, 0.15) is 10.8 Å². The Morgan fingerprint density at radius 3 is 2.67 bits per heavy atom. The molecule has 1 heterocycles. The molecule has 0 saturated carbocycles. The number of halogens is 4. The van der Waals surface area contributed by atoms with Gasteiger partial charge in [-0.25, -0.2) is 4.98 Å². The minimum Gasteiger partial charge on any atom is -0.396 e. The van der Waals surface area contributed by atoms with Gasteiger partial charge in [-0.3, -0.25) is 0 Å². The van der Waals surface area contributed by atoms with E-state index in [1.54, 1.807) is 0 Å². The van der Waals surface area contributed by atoms with Gasteiger partial charge in [0.25, 0.3) is 0 Å². The van der Waals surface area contributed by atoms with Crippen LogP contribution in [0.5, 0.6) is 0 Å². The quantitative estimate of drug-likeness (QED) is 0.841. The molecule has 1 aromatic rings. The summed E-state index contributed by atoms with van der Waals surface area (Å²) in [6, 6.07) is 2.43. The lowest BCUT2D eigenvalue weighted by Crippen LogP contribution is -2.09. The van der Waals surface area contributed by atoms with Crippen LogP contribution in [0.1, 0.15) is 24.6 Å². The van der Waals surface area contributed by atoms with Crippen molar-refractivity contribution in [1.29, 1.82) is 0 Å². The number of aromatic nitrogens is 1. The lowest BCUT2D eigenvalue weighted by Gasteiger charge is -2.11. The number of pyridine rings is 1. The lowest BCUT2D eigenvalue weighted by molar-refractivity contribution is -0.141. The Bertz CT molecular complexity index is 400. The summed E-state index contributed by atoms with van der Waals surface area (Å²) in [5.41, 5.74) is -0.488. The molecule has 0 aliphatic carbocycles. The maximum Gasteiger partial charge on any atom is 0.433 e. The number of rotatable bonds is 5. The number of nitrogens with zero attached hydrogens (tertiary/aromatic N) is 1. The van der Waals surface area contributed by atoms with Gasteiger partial charge in [0.15, 0.2) is 0 Å². The highest BCUT2D eigenvalue weighted by atomic mass is 35.5. The van der Waals surface area contributed by atoms with E-state index in [0.29, 0.717) is 17.7 Å². The van der Waals surface area contributed by atoms with Gasteiger partial charge >= 0.3 is 6.18 Å². The molecule has 0 fully saturated rings. The monoisotopic (exact) mass is 299 g/mol. The molecule has 2 nitrogen and oxygen atoms in total. The maximum absolute atomic E-state index is 12.5. The average molecular weight is 300 g/mol. The first-order chi connectivity index (χ1) is 8.32. The van der Waals surface area contributed by atoms with Crippen molar-refractivity contribution in [2.45, 2.75) is 30.5 Å². The van der Waals surface area contributed by atoms with Gasteiger partial charge in [-0.05, 0) is 24.1 Å². The van der Waals surface area contributed by atoms with Crippen molar-refractivity contribution >= 4 is 23.4 Å². The molecule has 0 aliphatic heterocycles. The molecule has 18 heavy (non-hydrogen) atoms. The van der Waals surface area contributed by atoms with Crippen LogP contribution >= 0.6 is 23.4 Å². The lowest BCUT2D eigenvalue weighted by atomic mass is 10.2. The SMILES string of the molecule is CC(CCO)SCc1cc(Cl)nc(C(F)(F)F)c1. The van der Waals surface area contributed by atoms with E-state index in [1.165, 1.54) is 17.8 Å². The molecular weight excluding hydrogens is 287 g/mol. The summed E-state index contributed by atoms with van der Waals surface area (Å²) in [6.45, 7) is 1.98. The minimum atomic E-state index is -4.49. The van der Waals surface area contributed by atoms with Crippen LogP contribution < -0.4 is 0 Å². The zero-order valence-electron chi connectivity index (χ0n) is 9.67. The third-order valence-electron chi connectivity index (χ3n) is 2.21. The standard InChI is InChI=1S/C11H13ClF3NOS/c1-7(2-3-17)18-6-8-4-9(11(13,14)15)16-10(12)5-8/h4-5,7,17H,2-3,6H2,1H3. The van der Waals surface area contributed by atoms with Crippen LogP contribution in [0.15, 0.2) is 12.1 Å². The predicted octanol–water partition coefficient (Wildman–Crippen LogP) is 3.76. The fourth-order valence-electron chi connectivity index (χ4n) is 1.28. The van der Waals surface area contributed by atoms with Gasteiger partial charge in [-0.15, -0.1) is 0 Å². The highest BCUT2D eigenvalue weighted by Gasteiger charge is 2.33. The van der Waals surface area contributed by atoms with Crippen molar-refractivity contribution in [3.8, 4) is 0 Å². The molecule has 1 aromatic heterocycles. The highest BCUT2D eigenvalue weighted by molar-refractivity contribution is 7.99. The van der Waals surface area contributed by atoms with Gasteiger partial charge < -0.3 is 5.11 Å². The summed E-state index contributed by atoms with van der Waals surface area (Å²) in [5.74, 6) is 0.409. The van der Waals surface area contributed by atoms with Crippen LogP contribution in [0.4, 0.5) is 13.2 Å². The smallest absolute Gasteiger partial charge is 0.396 e. The van der Waals surface area contributed by atoms with Crippen LogP contribution in [0, 0.1) is 0 Å². The van der Waals surface area contributed by atoms with Crippen molar-refractivity contribution in [1.82, 2.24) is 4.98 Å². The second-order valence-corrected chi connectivity index (χ2v) is 5.63. The van der Waals surface area contributed by atoms with E-state index < -0.39 is 11.9 Å². The van der Waals surface area contributed by atoms with Crippen LogP contribution in [-0.4, -0.2) is 21.9 Å². The van der Waals surface area contributed by atoms with E-state index >= 15 is 0 Å². The van der Waals surface area contributed by atoms with Gasteiger partial charge in [-0.1, -0.05) is 18.5 Å². The molecule has 0 spiro atoms. The number of alkyl halides is 3. The molecule has 0 aliphatic rings. The third kappa shape index (κ3) is 5.04. The van der Waals surface area contributed by atoms with E-state index in [1.807, 2.05) is 6.92 Å². The van der Waals surface area contributed by atoms with Crippen molar-refractivity contribution in [2.75, 3.05) is 6.61 Å². The zero-order chi connectivity index (χ0) is 13.8. The summed E-state index contributed by atoms with van der Waals surface area (Å²) < 4.78 is 37.5. The number of aliphatic hydroxyl groups excluding tert-OH is 1. The van der Waals surface area contributed by atoms with E-state index in [4.69, 9.17) is 16.7 Å². The molecule has 0 aromatic carbocycles. The van der Waals surface area contributed by atoms with Crippen molar-refractivity contribution in [3.63, 3.8) is 0 Å². The second-order valence-electron chi connectivity index (χ2n) is 3.82. The van der Waals surface area contributed by atoms with E-state index in [2.05, 4.69) is 4.98 Å². The van der Waals surface area contributed by atoms with Crippen LogP contribution in [0.25, 0.3) is 0 Å². The fourth-order valence-corrected chi connectivity index (χ4v) is 2.43. The first-order valence-electron chi connectivity index (χ1n) is 5.29. The molecule has 0 radical (unpaired) electrons. The maximum atomic E-state index is 12.5. The van der Waals surface area contributed by atoms with Gasteiger partial charge in [0, 0.05) is 17.6 Å². The van der Waals surface area contributed by atoms with Crippen molar-refractivity contribution in [3.05, 3.63) is 28.5 Å². The third-order valence-corrected chi connectivity index (χ3v) is 3.71. The minimum absolute atomic E-state index is 0.0685. The molecule has 7 heteroatoms. The molecule has 0 saturated heterocycles. The summed E-state index contributed by atoms with van der Waals surface area (Å²) in [5, 5.41) is 8.76. The first kappa shape index (κ1) is 15.6. The Hall–Kier alpha value is -0.460. The molecule has 0 bridgehead atoms. The summed E-state index contributed by atoms with van der Waals surface area (Å²) in [6.07, 6.45) is -3.88. The fraction of sp³-hybridized carbons (Fsp3) is 0.545. The molecule has 0 amide bonds. The molecular formula is C11H13ClF3NOS. The molecule has 102 valence electrons. The predicted molar refractivity (Wildman–Crippen MR) is 66.7 cm³/mol. The Morgan fingerprint density at radius 2 is 2.11 bits per heavy atom. The molecule has 1 atom stereocenters. The second kappa shape index (κ2) is 6.63. The highest BCUT2D eigenvalue weighted by Crippen LogP contribution is 2.30. The molecule has 1 rings (SSSR count). The van der Waals surface area contributed by atoms with E-state index in [9.17, 15) is 13.2 Å². The largest absolute Gasteiger partial charge is 0.433 e. The average Bonchev–Trinajstić information content (AvgIpc) is 2.25. The Kier molecular flexibility index (Phi) is 5.75. The molecule has 1 unspecified atom stereocenters. The summed E-state index contributed by atoms with van der Waals surface area (Å²) in [4.78, 5) is 3.26. The van der Waals surface area contributed by atoms with E-state index in [-0.39, 0.29) is 17.0 Å². The van der Waals surface area contributed by atoms with Crippen LogP contribution in [-0.2, 0) is 11.9 Å². The zero-order valence-corrected chi connectivity index (χ0v) is 11.2. The van der Waals surface area contributed by atoms with Gasteiger partial charge in [-0.2, -0.15) is 24.9 Å². The Balaban J connectivity index is 2.75. The van der Waals surface area contributed by atoms with Gasteiger partial charge in [0.2, 0.25) is 0 Å². The summed E-state index contributed by atoms with van der Waals surface area (Å²) >= 11 is 7.04. The Morgan fingerprint density at radius 1 is 1.44 bits per heavy atom. The van der Waals surface area contributed by atoms with Crippen LogP contribution in [0.2, 0.25) is 5.15 Å². The topological polar surface area (TPSA) is 33.1 Å². The van der Waals surface area contributed by atoms with Crippen molar-refractivity contribution < 1.29 is 18.3 Å². The summed E-state index contributed by atoms with van der Waals surface area (Å²) in [7, 11) is 0. The number of hydrogen-bond donors (Lipinski definition) is 1. The van der Waals surface area contributed by atoms with E-state index in [0.717, 1.165) is 6.07 Å². The van der Waals surface area contributed by atoms with Gasteiger partial charge in [0.05, 0.1) is 0 Å².